The molecule has 29 heavy (non-hydrogen) atoms. The van der Waals surface area contributed by atoms with Crippen molar-refractivity contribution >= 4 is 50.4 Å². The molecule has 0 aliphatic rings. The summed E-state index contributed by atoms with van der Waals surface area (Å²) in [7, 11) is 3.45. The Hall–Kier alpha value is -3.03. The van der Waals surface area contributed by atoms with Crippen LogP contribution >= 0.6 is 22.7 Å². The highest BCUT2D eigenvalue weighted by Crippen LogP contribution is 2.26. The third-order valence-electron chi connectivity index (χ3n) is 4.59. The monoisotopic (exact) mass is 421 g/mol. The first-order valence-corrected chi connectivity index (χ1v) is 10.7. The number of anilines is 1. The Bertz CT molecular complexity index is 1130. The highest BCUT2D eigenvalue weighted by atomic mass is 32.1. The van der Waals surface area contributed by atoms with Crippen molar-refractivity contribution in [1.29, 1.82) is 0 Å². The van der Waals surface area contributed by atoms with Crippen molar-refractivity contribution < 1.29 is 9.59 Å². The number of carbonyl (C=O) groups excluding carboxylic acids is 2. The molecule has 0 unspecified atom stereocenters. The van der Waals surface area contributed by atoms with Gasteiger partial charge in [0.05, 0.1) is 32.9 Å². The van der Waals surface area contributed by atoms with Crippen molar-refractivity contribution in [2.24, 2.45) is 0 Å². The van der Waals surface area contributed by atoms with E-state index in [2.05, 4.69) is 4.98 Å². The minimum absolute atomic E-state index is 0.130. The van der Waals surface area contributed by atoms with Gasteiger partial charge >= 0.3 is 0 Å². The number of hydrogen-bond donors (Lipinski definition) is 0. The molecule has 0 saturated carbocycles. The van der Waals surface area contributed by atoms with Gasteiger partial charge in [0.1, 0.15) is 5.01 Å². The quantitative estimate of drug-likeness (QED) is 0.460. The minimum Gasteiger partial charge on any atom is -0.335 e. The Labute approximate surface area is 176 Å². The maximum absolute atomic E-state index is 13.2. The summed E-state index contributed by atoms with van der Waals surface area (Å²) in [6, 6.07) is 18.8. The van der Waals surface area contributed by atoms with Gasteiger partial charge < -0.3 is 9.80 Å². The fourth-order valence-electron chi connectivity index (χ4n) is 3.09. The molecule has 2 amide bonds. The summed E-state index contributed by atoms with van der Waals surface area (Å²) in [5.74, 6) is -0.278. The van der Waals surface area contributed by atoms with E-state index in [-0.39, 0.29) is 11.8 Å². The van der Waals surface area contributed by atoms with Crippen LogP contribution in [0.3, 0.4) is 0 Å². The number of fused-ring (bicyclic) bond motifs is 1. The maximum atomic E-state index is 13.2. The fraction of sp³-hybridized carbons (Fsp3) is 0.136. The highest BCUT2D eigenvalue weighted by molar-refractivity contribution is 7.18. The number of rotatable bonds is 5. The zero-order chi connectivity index (χ0) is 20.4. The van der Waals surface area contributed by atoms with Gasteiger partial charge in [-0.1, -0.05) is 30.3 Å². The zero-order valence-electron chi connectivity index (χ0n) is 16.0. The van der Waals surface area contributed by atoms with Crippen LogP contribution in [-0.4, -0.2) is 35.8 Å². The summed E-state index contributed by atoms with van der Waals surface area (Å²) in [5, 5.41) is 2.74. The molecule has 2 aromatic heterocycles. The molecule has 0 N–H and O–H groups in total. The van der Waals surface area contributed by atoms with Crippen LogP contribution in [0.15, 0.2) is 66.0 Å². The first kappa shape index (κ1) is 19.3. The minimum atomic E-state index is -0.148. The van der Waals surface area contributed by atoms with Crippen molar-refractivity contribution in [3.05, 3.63) is 81.5 Å². The summed E-state index contributed by atoms with van der Waals surface area (Å²) in [5.41, 5.74) is 2.02. The number of amides is 2. The Morgan fingerprint density at radius 1 is 0.931 bits per heavy atom. The van der Waals surface area contributed by atoms with Crippen LogP contribution in [0.4, 0.5) is 5.69 Å². The second-order valence-corrected chi connectivity index (χ2v) is 8.66. The number of aromatic nitrogens is 1. The molecule has 0 aliphatic carbocycles. The van der Waals surface area contributed by atoms with E-state index in [9.17, 15) is 9.59 Å². The molecule has 0 radical (unpaired) electrons. The first-order chi connectivity index (χ1) is 14.0. The summed E-state index contributed by atoms with van der Waals surface area (Å²) in [4.78, 5) is 34.3. The number of thiophene rings is 1. The van der Waals surface area contributed by atoms with E-state index < -0.39 is 0 Å². The predicted molar refractivity (Wildman–Crippen MR) is 119 cm³/mol. The van der Waals surface area contributed by atoms with E-state index in [4.69, 9.17) is 0 Å². The van der Waals surface area contributed by atoms with Gasteiger partial charge in [-0.3, -0.25) is 9.59 Å². The second-order valence-electron chi connectivity index (χ2n) is 6.60. The molecule has 0 aliphatic heterocycles. The van der Waals surface area contributed by atoms with Crippen molar-refractivity contribution in [3.8, 4) is 0 Å². The van der Waals surface area contributed by atoms with Gasteiger partial charge in [0.25, 0.3) is 11.8 Å². The van der Waals surface area contributed by atoms with E-state index in [1.165, 1.54) is 16.2 Å². The molecule has 146 valence electrons. The van der Waals surface area contributed by atoms with E-state index in [1.54, 1.807) is 48.5 Å². The molecule has 2 heterocycles. The average molecular weight is 422 g/mol. The van der Waals surface area contributed by atoms with Crippen molar-refractivity contribution in [2.75, 3.05) is 19.0 Å². The van der Waals surface area contributed by atoms with Crippen LogP contribution in [0.25, 0.3) is 10.2 Å². The molecule has 0 saturated heterocycles. The summed E-state index contributed by atoms with van der Waals surface area (Å²) >= 11 is 2.97. The first-order valence-electron chi connectivity index (χ1n) is 9.05. The van der Waals surface area contributed by atoms with Gasteiger partial charge in [-0.15, -0.1) is 22.7 Å². The number of para-hydroxylation sites is 2. The van der Waals surface area contributed by atoms with E-state index >= 15 is 0 Å². The van der Waals surface area contributed by atoms with Gasteiger partial charge in [0, 0.05) is 14.1 Å². The Kier molecular flexibility index (Phi) is 5.42. The van der Waals surface area contributed by atoms with E-state index in [0.29, 0.717) is 22.7 Å². The van der Waals surface area contributed by atoms with Crippen LogP contribution in [0, 0.1) is 0 Å². The van der Waals surface area contributed by atoms with Crippen LogP contribution in [0.1, 0.15) is 25.0 Å². The molecule has 7 heteroatoms. The molecule has 4 aromatic rings. The lowest BCUT2D eigenvalue weighted by molar-refractivity contribution is 0.0785. The van der Waals surface area contributed by atoms with Crippen molar-refractivity contribution in [2.45, 2.75) is 6.54 Å². The molecule has 0 spiro atoms. The SMILES string of the molecule is CN(Cc1nc2ccccc2s1)C(=O)c1ccccc1N(C)C(=O)c1cccs1. The Morgan fingerprint density at radius 2 is 1.69 bits per heavy atom. The standard InChI is InChI=1S/C22H19N3O2S2/c1-24(14-20-23-16-9-4-6-11-18(16)29-20)21(26)15-8-3-5-10-17(15)25(2)22(27)19-12-7-13-28-19/h3-13H,14H2,1-2H3. The molecule has 2 aromatic carbocycles. The van der Waals surface area contributed by atoms with Crippen LogP contribution < -0.4 is 4.90 Å². The number of benzene rings is 2. The highest BCUT2D eigenvalue weighted by Gasteiger charge is 2.22. The van der Waals surface area contributed by atoms with E-state index in [0.717, 1.165) is 15.2 Å². The van der Waals surface area contributed by atoms with Gasteiger partial charge in [-0.05, 0) is 35.7 Å². The molecular formula is C22H19N3O2S2. The largest absolute Gasteiger partial charge is 0.335 e. The van der Waals surface area contributed by atoms with E-state index in [1.807, 2.05) is 47.8 Å². The van der Waals surface area contributed by atoms with Gasteiger partial charge in [-0.2, -0.15) is 0 Å². The zero-order valence-corrected chi connectivity index (χ0v) is 17.7. The van der Waals surface area contributed by atoms with Crippen LogP contribution in [0.5, 0.6) is 0 Å². The lowest BCUT2D eigenvalue weighted by Crippen LogP contribution is -2.31. The van der Waals surface area contributed by atoms with Crippen LogP contribution in [0.2, 0.25) is 0 Å². The lowest BCUT2D eigenvalue weighted by atomic mass is 10.1. The van der Waals surface area contributed by atoms with Crippen molar-refractivity contribution in [1.82, 2.24) is 9.88 Å². The fourth-order valence-corrected chi connectivity index (χ4v) is 4.81. The average Bonchev–Trinajstić information content (AvgIpc) is 3.41. The van der Waals surface area contributed by atoms with Crippen LogP contribution in [-0.2, 0) is 6.54 Å². The molecule has 0 bridgehead atoms. The molecule has 0 atom stereocenters. The summed E-state index contributed by atoms with van der Waals surface area (Å²) in [6.45, 7) is 0.412. The Morgan fingerprint density at radius 3 is 2.45 bits per heavy atom. The number of hydrogen-bond acceptors (Lipinski definition) is 5. The third-order valence-corrected chi connectivity index (χ3v) is 6.47. The topological polar surface area (TPSA) is 53.5 Å². The van der Waals surface area contributed by atoms with Gasteiger partial charge in [0.15, 0.2) is 0 Å². The summed E-state index contributed by atoms with van der Waals surface area (Å²) in [6.07, 6.45) is 0. The third kappa shape index (κ3) is 3.92. The number of nitrogens with zero attached hydrogens (tertiary/aromatic N) is 3. The molecule has 5 nitrogen and oxygen atoms in total. The molecular weight excluding hydrogens is 402 g/mol. The van der Waals surface area contributed by atoms with Gasteiger partial charge in [-0.25, -0.2) is 4.98 Å². The maximum Gasteiger partial charge on any atom is 0.268 e. The lowest BCUT2D eigenvalue weighted by Gasteiger charge is -2.22. The number of carbonyl (C=O) groups is 2. The molecule has 0 fully saturated rings. The number of thiazole rings is 1. The molecule has 4 rings (SSSR count). The predicted octanol–water partition coefficient (Wildman–Crippen LogP) is 4.91. The Balaban J connectivity index is 1.57. The second kappa shape index (κ2) is 8.14. The van der Waals surface area contributed by atoms with Gasteiger partial charge in [0.2, 0.25) is 0 Å². The summed E-state index contributed by atoms with van der Waals surface area (Å²) < 4.78 is 1.10. The normalized spacial score (nSPS) is 10.8. The smallest absolute Gasteiger partial charge is 0.268 e. The van der Waals surface area contributed by atoms with Crippen molar-refractivity contribution in [3.63, 3.8) is 0 Å².